The van der Waals surface area contributed by atoms with E-state index in [4.69, 9.17) is 0 Å². The van der Waals surface area contributed by atoms with Crippen LogP contribution in [-0.4, -0.2) is 24.5 Å². The Labute approximate surface area is 84.6 Å². The number of carbonyl (C=O) groups is 1. The van der Waals surface area contributed by atoms with Gasteiger partial charge in [-0.05, 0) is 37.6 Å². The van der Waals surface area contributed by atoms with E-state index in [9.17, 15) is 4.79 Å². The lowest BCUT2D eigenvalue weighted by Gasteiger charge is -2.38. The maximum Gasteiger partial charge on any atom is 0.225 e. The molecule has 2 N–H and O–H groups in total. The summed E-state index contributed by atoms with van der Waals surface area (Å²) in [6, 6.07) is 0.981. The molecular weight excluding hydrogens is 176 g/mol. The third kappa shape index (κ3) is 1.18. The zero-order valence-corrected chi connectivity index (χ0v) is 8.62. The molecule has 78 valence electrons. The molecule has 3 unspecified atom stereocenters. The molecule has 2 saturated heterocycles. The number of rotatable bonds is 2. The summed E-state index contributed by atoms with van der Waals surface area (Å²) >= 11 is 0. The van der Waals surface area contributed by atoms with Crippen molar-refractivity contribution in [1.29, 1.82) is 0 Å². The number of carbonyl (C=O) groups excluding carboxylic acids is 1. The van der Waals surface area contributed by atoms with Crippen LogP contribution in [0.15, 0.2) is 0 Å². The first kappa shape index (κ1) is 8.72. The van der Waals surface area contributed by atoms with Crippen molar-refractivity contribution in [3.8, 4) is 0 Å². The van der Waals surface area contributed by atoms with Gasteiger partial charge in [-0.3, -0.25) is 4.79 Å². The maximum atomic E-state index is 11.8. The number of nitrogens with one attached hydrogen (secondary N) is 2. The number of amides is 1. The summed E-state index contributed by atoms with van der Waals surface area (Å²) in [5.41, 5.74) is 0. The number of hydrogen-bond donors (Lipinski definition) is 2. The van der Waals surface area contributed by atoms with Gasteiger partial charge in [0, 0.05) is 12.1 Å². The van der Waals surface area contributed by atoms with Crippen LogP contribution in [-0.2, 0) is 4.79 Å². The van der Waals surface area contributed by atoms with Crippen molar-refractivity contribution in [2.75, 3.05) is 6.54 Å². The summed E-state index contributed by atoms with van der Waals surface area (Å²) < 4.78 is 0. The van der Waals surface area contributed by atoms with Crippen molar-refractivity contribution in [1.82, 2.24) is 10.6 Å². The fourth-order valence-corrected chi connectivity index (χ4v) is 3.19. The number of hydrogen-bond acceptors (Lipinski definition) is 2. The molecule has 2 aliphatic heterocycles. The predicted molar refractivity (Wildman–Crippen MR) is 53.7 cm³/mol. The lowest BCUT2D eigenvalue weighted by atomic mass is 9.72. The highest BCUT2D eigenvalue weighted by Gasteiger charge is 2.51. The molecule has 3 atom stereocenters. The van der Waals surface area contributed by atoms with E-state index in [-0.39, 0.29) is 0 Å². The van der Waals surface area contributed by atoms with Crippen LogP contribution >= 0.6 is 0 Å². The molecule has 4 fully saturated rings. The average Bonchev–Trinajstić information content (AvgIpc) is 2.60. The molecule has 3 nitrogen and oxygen atoms in total. The minimum Gasteiger partial charge on any atom is -0.353 e. The highest BCUT2D eigenvalue weighted by atomic mass is 16.2. The molecule has 4 aliphatic rings. The standard InChI is InChI=1S/C11H18N2O/c1-6-2-8(3-6)13-11(14)10-7-4-9(10)12-5-7/h6-10,12H,2-5H2,1H3,(H,13,14). The van der Waals surface area contributed by atoms with Gasteiger partial charge in [0.05, 0.1) is 5.92 Å². The Balaban J connectivity index is 1.52. The maximum absolute atomic E-state index is 11.8. The van der Waals surface area contributed by atoms with E-state index >= 15 is 0 Å². The molecule has 0 aromatic carbocycles. The molecule has 2 bridgehead atoms. The number of fused-ring (bicyclic) bond motifs is 1. The minimum absolute atomic E-state index is 0.297. The van der Waals surface area contributed by atoms with Gasteiger partial charge in [0.1, 0.15) is 0 Å². The topological polar surface area (TPSA) is 41.1 Å². The first-order valence-corrected chi connectivity index (χ1v) is 5.78. The van der Waals surface area contributed by atoms with Crippen LogP contribution in [0.25, 0.3) is 0 Å². The Morgan fingerprint density at radius 1 is 1.36 bits per heavy atom. The van der Waals surface area contributed by atoms with Gasteiger partial charge in [0.2, 0.25) is 5.91 Å². The third-order valence-corrected chi connectivity index (χ3v) is 4.16. The second kappa shape index (κ2) is 2.96. The van der Waals surface area contributed by atoms with Gasteiger partial charge < -0.3 is 10.6 Å². The zero-order valence-electron chi connectivity index (χ0n) is 8.62. The van der Waals surface area contributed by atoms with Gasteiger partial charge in [-0.25, -0.2) is 0 Å². The third-order valence-electron chi connectivity index (χ3n) is 4.16. The Bertz CT molecular complexity index is 246. The summed E-state index contributed by atoms with van der Waals surface area (Å²) in [6.07, 6.45) is 3.58. The van der Waals surface area contributed by atoms with Crippen LogP contribution in [0.1, 0.15) is 26.2 Å². The highest BCUT2D eigenvalue weighted by Crippen LogP contribution is 2.40. The molecule has 1 amide bonds. The molecule has 2 heterocycles. The van der Waals surface area contributed by atoms with Crippen LogP contribution in [0.3, 0.4) is 0 Å². The smallest absolute Gasteiger partial charge is 0.225 e. The van der Waals surface area contributed by atoms with Gasteiger partial charge in [0.25, 0.3) is 0 Å². The fourth-order valence-electron chi connectivity index (χ4n) is 3.19. The zero-order chi connectivity index (χ0) is 9.71. The lowest BCUT2D eigenvalue weighted by Crippen LogP contribution is -2.52. The Kier molecular flexibility index (Phi) is 1.84. The second-order valence-corrected chi connectivity index (χ2v) is 5.32. The van der Waals surface area contributed by atoms with Crippen molar-refractivity contribution >= 4 is 5.91 Å². The van der Waals surface area contributed by atoms with Gasteiger partial charge in [0.15, 0.2) is 0 Å². The molecule has 0 radical (unpaired) electrons. The first-order chi connectivity index (χ1) is 6.74. The quantitative estimate of drug-likeness (QED) is 0.672. The van der Waals surface area contributed by atoms with Crippen molar-refractivity contribution in [2.24, 2.45) is 17.8 Å². The minimum atomic E-state index is 0.297. The van der Waals surface area contributed by atoms with Crippen molar-refractivity contribution in [3.63, 3.8) is 0 Å². The van der Waals surface area contributed by atoms with E-state index in [1.165, 1.54) is 19.3 Å². The first-order valence-electron chi connectivity index (χ1n) is 5.78. The van der Waals surface area contributed by atoms with E-state index in [1.807, 2.05) is 0 Å². The SMILES string of the molecule is CC1CC(NC(=O)C2C3CNC2C3)C1. The molecule has 3 heteroatoms. The van der Waals surface area contributed by atoms with Gasteiger partial charge in [-0.1, -0.05) is 6.92 Å². The summed E-state index contributed by atoms with van der Waals surface area (Å²) in [5.74, 6) is 2.06. The largest absolute Gasteiger partial charge is 0.353 e. The summed E-state index contributed by atoms with van der Waals surface area (Å²) in [5, 5.41) is 6.55. The van der Waals surface area contributed by atoms with Crippen molar-refractivity contribution in [3.05, 3.63) is 0 Å². The van der Waals surface area contributed by atoms with Crippen LogP contribution in [0.4, 0.5) is 0 Å². The molecule has 4 rings (SSSR count). The molecule has 2 aliphatic carbocycles. The van der Waals surface area contributed by atoms with E-state index in [2.05, 4.69) is 17.6 Å². The molecule has 0 aromatic heterocycles. The fraction of sp³-hybridized carbons (Fsp3) is 0.909. The predicted octanol–water partition coefficient (Wildman–Crippen LogP) is 0.509. The normalized spacial score (nSPS) is 49.4. The molecular formula is C11H18N2O. The van der Waals surface area contributed by atoms with E-state index in [1.54, 1.807) is 0 Å². The van der Waals surface area contributed by atoms with Crippen molar-refractivity contribution < 1.29 is 4.79 Å². The molecule has 14 heavy (non-hydrogen) atoms. The average molecular weight is 194 g/mol. The summed E-state index contributed by atoms with van der Waals surface area (Å²) in [6.45, 7) is 3.31. The van der Waals surface area contributed by atoms with E-state index in [0.717, 1.165) is 12.5 Å². The Morgan fingerprint density at radius 2 is 2.14 bits per heavy atom. The van der Waals surface area contributed by atoms with Gasteiger partial charge >= 0.3 is 0 Å². The van der Waals surface area contributed by atoms with E-state index in [0.29, 0.717) is 29.8 Å². The van der Waals surface area contributed by atoms with Crippen LogP contribution in [0.2, 0.25) is 0 Å². The van der Waals surface area contributed by atoms with Gasteiger partial charge in [-0.15, -0.1) is 0 Å². The second-order valence-electron chi connectivity index (χ2n) is 5.32. The van der Waals surface area contributed by atoms with Crippen molar-refractivity contribution in [2.45, 2.75) is 38.3 Å². The molecule has 2 saturated carbocycles. The summed E-state index contributed by atoms with van der Waals surface area (Å²) in [4.78, 5) is 11.8. The molecule has 0 spiro atoms. The Morgan fingerprint density at radius 3 is 2.64 bits per heavy atom. The highest BCUT2D eigenvalue weighted by molar-refractivity contribution is 5.81. The monoisotopic (exact) mass is 194 g/mol. The van der Waals surface area contributed by atoms with Gasteiger partial charge in [-0.2, -0.15) is 0 Å². The lowest BCUT2D eigenvalue weighted by molar-refractivity contribution is -0.130. The van der Waals surface area contributed by atoms with Crippen LogP contribution in [0.5, 0.6) is 0 Å². The van der Waals surface area contributed by atoms with Crippen LogP contribution < -0.4 is 10.6 Å². The summed E-state index contributed by atoms with van der Waals surface area (Å²) in [7, 11) is 0. The molecule has 0 aromatic rings. The van der Waals surface area contributed by atoms with Crippen LogP contribution in [0, 0.1) is 17.8 Å². The van der Waals surface area contributed by atoms with E-state index < -0.39 is 0 Å². The Hall–Kier alpha value is -0.570.